The fraction of sp³-hybridized carbons (Fsp3) is 0.438. The summed E-state index contributed by atoms with van der Waals surface area (Å²) >= 11 is 0. The first-order valence-electron chi connectivity index (χ1n) is 7.01. The van der Waals surface area contributed by atoms with Crippen LogP contribution in [-0.2, 0) is 9.47 Å². The number of rotatable bonds is 1. The van der Waals surface area contributed by atoms with E-state index in [0.717, 1.165) is 0 Å². The van der Waals surface area contributed by atoms with Crippen LogP contribution in [0.15, 0.2) is 24.5 Å². The van der Waals surface area contributed by atoms with E-state index in [1.807, 2.05) is 18.2 Å². The van der Waals surface area contributed by atoms with E-state index in [9.17, 15) is 15.8 Å². The fourth-order valence-electron chi connectivity index (χ4n) is 3.50. The highest BCUT2D eigenvalue weighted by Gasteiger charge is 2.78. The molecule has 4 heterocycles. The summed E-state index contributed by atoms with van der Waals surface area (Å²) in [5.74, 6) is -2.47. The Bertz CT molecular complexity index is 788. The number of nitrogens with zero attached hydrogens (tertiary/aromatic N) is 4. The molecule has 3 saturated heterocycles. The molecule has 3 aliphatic rings. The van der Waals surface area contributed by atoms with Gasteiger partial charge in [0.2, 0.25) is 11.7 Å². The summed E-state index contributed by atoms with van der Waals surface area (Å²) in [4.78, 5) is 4.01. The summed E-state index contributed by atoms with van der Waals surface area (Å²) in [6.45, 7) is 3.21. The molecule has 1 aromatic rings. The molecule has 0 radical (unpaired) electrons. The van der Waals surface area contributed by atoms with Gasteiger partial charge < -0.3 is 9.47 Å². The third-order valence-corrected chi connectivity index (χ3v) is 4.98. The molecule has 0 amide bonds. The van der Waals surface area contributed by atoms with E-state index in [1.165, 1.54) is 6.20 Å². The van der Waals surface area contributed by atoms with Gasteiger partial charge in [0.25, 0.3) is 0 Å². The number of aromatic nitrogens is 1. The Labute approximate surface area is 133 Å². The highest BCUT2D eigenvalue weighted by Crippen LogP contribution is 2.66. The normalized spacial score (nSPS) is 37.1. The highest BCUT2D eigenvalue weighted by molar-refractivity contribution is 5.88. The van der Waals surface area contributed by atoms with Crippen molar-refractivity contribution in [2.75, 3.05) is 0 Å². The van der Waals surface area contributed by atoms with Crippen LogP contribution in [0.3, 0.4) is 0 Å². The van der Waals surface area contributed by atoms with Gasteiger partial charge in [-0.1, -0.05) is 13.0 Å². The molecule has 0 aromatic carbocycles. The second kappa shape index (κ2) is 4.52. The molecule has 3 aliphatic heterocycles. The minimum atomic E-state index is -1.85. The molecule has 114 valence electrons. The monoisotopic (exact) mass is 307 g/mol. The second-order valence-electron chi connectivity index (χ2n) is 5.90. The molecule has 2 bridgehead atoms. The zero-order valence-corrected chi connectivity index (χ0v) is 12.6. The van der Waals surface area contributed by atoms with Crippen molar-refractivity contribution < 1.29 is 9.47 Å². The van der Waals surface area contributed by atoms with E-state index in [1.54, 1.807) is 32.2 Å². The Kier molecular flexibility index (Phi) is 2.94. The maximum Gasteiger partial charge on any atom is 0.215 e. The van der Waals surface area contributed by atoms with Crippen molar-refractivity contribution in [2.24, 2.45) is 16.7 Å². The minimum Gasteiger partial charge on any atom is -0.448 e. The Morgan fingerprint density at radius 3 is 2.48 bits per heavy atom. The Morgan fingerprint density at radius 2 is 1.96 bits per heavy atom. The molecule has 7 nitrogen and oxygen atoms in total. The van der Waals surface area contributed by atoms with Gasteiger partial charge in [-0.05, 0) is 6.07 Å². The third kappa shape index (κ3) is 1.49. The van der Waals surface area contributed by atoms with Gasteiger partial charge in [0.05, 0.1) is 24.1 Å². The summed E-state index contributed by atoms with van der Waals surface area (Å²) in [5, 5.41) is 37.7. The van der Waals surface area contributed by atoms with Crippen molar-refractivity contribution in [1.29, 1.82) is 21.2 Å². The molecule has 0 aliphatic carbocycles. The van der Waals surface area contributed by atoms with Crippen molar-refractivity contribution in [1.82, 2.24) is 4.98 Å². The summed E-state index contributed by atoms with van der Waals surface area (Å²) in [6, 6.07) is 9.34. The van der Waals surface area contributed by atoms with Crippen LogP contribution in [-0.4, -0.2) is 16.7 Å². The number of hydrogen-bond donors (Lipinski definition) is 1. The topological polar surface area (TPSA) is 127 Å². The molecule has 23 heavy (non-hydrogen) atoms. The van der Waals surface area contributed by atoms with Crippen LogP contribution < -0.4 is 0 Å². The number of pyridine rings is 1. The van der Waals surface area contributed by atoms with Crippen LogP contribution >= 0.6 is 0 Å². The molecular weight excluding hydrogens is 294 g/mol. The van der Waals surface area contributed by atoms with Gasteiger partial charge in [0.15, 0.2) is 10.8 Å². The maximum absolute atomic E-state index is 9.89. The van der Waals surface area contributed by atoms with Crippen molar-refractivity contribution >= 4 is 5.90 Å². The van der Waals surface area contributed by atoms with Gasteiger partial charge in [0, 0.05) is 24.9 Å². The highest BCUT2D eigenvalue weighted by atomic mass is 16.7. The van der Waals surface area contributed by atoms with Crippen molar-refractivity contribution in [3.63, 3.8) is 0 Å². The number of nitriles is 3. The largest absolute Gasteiger partial charge is 0.448 e. The van der Waals surface area contributed by atoms with E-state index in [0.29, 0.717) is 5.56 Å². The standard InChI is InChI=1S/C16H13N5O2/c1-10-14(2)22-12(11-4-3-5-21-6-11)16(9-19,13(20)23-14)15(10,7-17)8-18/h3-6,10,12,20H,1-2H3/t10-,12-,14+,16+/m0/s1. The van der Waals surface area contributed by atoms with Crippen molar-refractivity contribution in [2.45, 2.75) is 25.7 Å². The van der Waals surface area contributed by atoms with Crippen LogP contribution in [0.25, 0.3) is 0 Å². The Morgan fingerprint density at radius 1 is 1.26 bits per heavy atom. The summed E-state index contributed by atoms with van der Waals surface area (Å²) in [5.41, 5.74) is -3.09. The SMILES string of the molecule is C[C@@H]1C(C#N)(C#N)[C@@]2(C#N)C(=N)O[C@@]1(C)O[C@H]2c1cccnc1. The Balaban J connectivity index is 2.35. The van der Waals surface area contributed by atoms with Gasteiger partial charge in [-0.2, -0.15) is 15.8 Å². The van der Waals surface area contributed by atoms with E-state index in [-0.39, 0.29) is 0 Å². The smallest absolute Gasteiger partial charge is 0.215 e. The summed E-state index contributed by atoms with van der Waals surface area (Å²) < 4.78 is 11.5. The van der Waals surface area contributed by atoms with E-state index < -0.39 is 34.5 Å². The molecule has 4 rings (SSSR count). The lowest BCUT2D eigenvalue weighted by Crippen LogP contribution is -2.71. The molecule has 0 saturated carbocycles. The predicted molar refractivity (Wildman–Crippen MR) is 76.1 cm³/mol. The lowest BCUT2D eigenvalue weighted by atomic mass is 9.51. The second-order valence-corrected chi connectivity index (χ2v) is 5.90. The van der Waals surface area contributed by atoms with E-state index in [4.69, 9.17) is 14.9 Å². The molecule has 7 heteroatoms. The number of ether oxygens (including phenoxy) is 2. The zero-order valence-electron chi connectivity index (χ0n) is 12.6. The maximum atomic E-state index is 9.89. The Hall–Kier alpha value is -2.95. The molecule has 3 fully saturated rings. The molecule has 0 spiro atoms. The predicted octanol–water partition coefficient (Wildman–Crippen LogP) is 2.06. The first-order chi connectivity index (χ1) is 10.9. The zero-order chi connectivity index (χ0) is 16.9. The first-order valence-corrected chi connectivity index (χ1v) is 7.01. The summed E-state index contributed by atoms with van der Waals surface area (Å²) in [7, 11) is 0. The average molecular weight is 307 g/mol. The quantitative estimate of drug-likeness (QED) is 0.846. The van der Waals surface area contributed by atoms with Gasteiger partial charge in [-0.25, -0.2) is 0 Å². The number of nitrogens with one attached hydrogen (secondary N) is 1. The van der Waals surface area contributed by atoms with Crippen LogP contribution in [0.4, 0.5) is 0 Å². The fourth-order valence-corrected chi connectivity index (χ4v) is 3.50. The third-order valence-electron chi connectivity index (χ3n) is 4.98. The molecular formula is C16H13N5O2. The summed E-state index contributed by atoms with van der Waals surface area (Å²) in [6.07, 6.45) is 2.09. The van der Waals surface area contributed by atoms with Gasteiger partial charge in [-0.3, -0.25) is 10.4 Å². The van der Waals surface area contributed by atoms with Crippen LogP contribution in [0.5, 0.6) is 0 Å². The molecule has 4 atom stereocenters. The van der Waals surface area contributed by atoms with Crippen LogP contribution in [0.2, 0.25) is 0 Å². The number of hydrogen-bond acceptors (Lipinski definition) is 7. The van der Waals surface area contributed by atoms with Gasteiger partial charge in [0.1, 0.15) is 6.10 Å². The lowest BCUT2D eigenvalue weighted by Gasteiger charge is -2.60. The van der Waals surface area contributed by atoms with Gasteiger partial charge in [-0.15, -0.1) is 0 Å². The van der Waals surface area contributed by atoms with Crippen molar-refractivity contribution in [3.8, 4) is 18.2 Å². The minimum absolute atomic E-state index is 0.413. The number of fused-ring (bicyclic) bond motifs is 3. The molecule has 0 unspecified atom stereocenters. The van der Waals surface area contributed by atoms with E-state index >= 15 is 0 Å². The first kappa shape index (κ1) is 15.0. The lowest BCUT2D eigenvalue weighted by molar-refractivity contribution is -0.338. The van der Waals surface area contributed by atoms with Crippen molar-refractivity contribution in [3.05, 3.63) is 30.1 Å². The van der Waals surface area contributed by atoms with Gasteiger partial charge >= 0.3 is 0 Å². The van der Waals surface area contributed by atoms with Crippen LogP contribution in [0.1, 0.15) is 25.5 Å². The molecule has 1 aromatic heterocycles. The van der Waals surface area contributed by atoms with Crippen LogP contribution in [0, 0.1) is 56.2 Å². The molecule has 1 N–H and O–H groups in total. The average Bonchev–Trinajstić information content (AvgIpc) is 2.57. The van der Waals surface area contributed by atoms with E-state index in [2.05, 4.69) is 4.98 Å².